The number of amides is 1. The second kappa shape index (κ2) is 6.96. The van der Waals surface area contributed by atoms with Crippen molar-refractivity contribution < 1.29 is 14.7 Å². The SMILES string of the molecule is Cc1ccc(C(=O)Nc2ccc3c(C(=O)CO)cn(C(C)(C)C)c3n2)cc1. The van der Waals surface area contributed by atoms with E-state index in [1.54, 1.807) is 30.5 Å². The molecule has 0 saturated heterocycles. The fourth-order valence-corrected chi connectivity index (χ4v) is 2.88. The zero-order valence-corrected chi connectivity index (χ0v) is 15.9. The third-order valence-corrected chi connectivity index (χ3v) is 4.37. The molecule has 6 nitrogen and oxygen atoms in total. The van der Waals surface area contributed by atoms with E-state index in [2.05, 4.69) is 10.3 Å². The molecule has 0 spiro atoms. The number of carbonyl (C=O) groups is 2. The number of nitrogens with one attached hydrogen (secondary N) is 1. The molecular weight excluding hydrogens is 342 g/mol. The lowest BCUT2D eigenvalue weighted by molar-refractivity contribution is 0.0904. The first-order valence-corrected chi connectivity index (χ1v) is 8.75. The van der Waals surface area contributed by atoms with E-state index < -0.39 is 6.61 Å². The molecule has 0 saturated carbocycles. The van der Waals surface area contributed by atoms with E-state index >= 15 is 0 Å². The van der Waals surface area contributed by atoms with Crippen molar-refractivity contribution in [2.24, 2.45) is 0 Å². The molecule has 27 heavy (non-hydrogen) atoms. The van der Waals surface area contributed by atoms with Crippen LogP contribution in [0.2, 0.25) is 0 Å². The van der Waals surface area contributed by atoms with Crippen LogP contribution in [0, 0.1) is 6.92 Å². The number of hydrogen-bond donors (Lipinski definition) is 2. The molecule has 0 radical (unpaired) electrons. The lowest BCUT2D eigenvalue weighted by Gasteiger charge is -2.22. The van der Waals surface area contributed by atoms with Crippen molar-refractivity contribution in [3.63, 3.8) is 0 Å². The van der Waals surface area contributed by atoms with Gasteiger partial charge in [-0.05, 0) is 52.0 Å². The van der Waals surface area contributed by atoms with Gasteiger partial charge in [-0.15, -0.1) is 0 Å². The molecule has 6 heteroatoms. The van der Waals surface area contributed by atoms with E-state index in [9.17, 15) is 14.7 Å². The van der Waals surface area contributed by atoms with E-state index in [0.29, 0.717) is 28.0 Å². The van der Waals surface area contributed by atoms with Gasteiger partial charge in [0.15, 0.2) is 5.78 Å². The molecule has 2 aromatic heterocycles. The van der Waals surface area contributed by atoms with Crippen LogP contribution in [0.1, 0.15) is 47.1 Å². The molecule has 3 aromatic rings. The molecule has 0 bridgehead atoms. The van der Waals surface area contributed by atoms with Gasteiger partial charge in [0.1, 0.15) is 18.1 Å². The van der Waals surface area contributed by atoms with Crippen LogP contribution >= 0.6 is 0 Å². The summed E-state index contributed by atoms with van der Waals surface area (Å²) in [5.41, 5.74) is 2.31. The van der Waals surface area contributed by atoms with Gasteiger partial charge in [-0.1, -0.05) is 17.7 Å². The maximum Gasteiger partial charge on any atom is 0.256 e. The summed E-state index contributed by atoms with van der Waals surface area (Å²) in [4.78, 5) is 29.1. The quantitative estimate of drug-likeness (QED) is 0.693. The first kappa shape index (κ1) is 18.8. The van der Waals surface area contributed by atoms with Crippen LogP contribution in [0.4, 0.5) is 5.82 Å². The molecule has 0 aliphatic carbocycles. The van der Waals surface area contributed by atoms with E-state index in [4.69, 9.17) is 0 Å². The van der Waals surface area contributed by atoms with Gasteiger partial charge in [-0.25, -0.2) is 4.98 Å². The van der Waals surface area contributed by atoms with Gasteiger partial charge in [-0.2, -0.15) is 0 Å². The van der Waals surface area contributed by atoms with Crippen molar-refractivity contribution in [2.45, 2.75) is 33.2 Å². The highest BCUT2D eigenvalue weighted by Gasteiger charge is 2.22. The van der Waals surface area contributed by atoms with Gasteiger partial charge in [0.05, 0.1) is 0 Å². The van der Waals surface area contributed by atoms with Gasteiger partial charge in [0.2, 0.25) is 0 Å². The molecule has 0 unspecified atom stereocenters. The van der Waals surface area contributed by atoms with E-state index in [1.165, 1.54) is 0 Å². The van der Waals surface area contributed by atoms with Crippen molar-refractivity contribution in [1.29, 1.82) is 0 Å². The molecule has 0 fully saturated rings. The normalized spacial score (nSPS) is 11.6. The predicted octanol–water partition coefficient (Wildman–Crippen LogP) is 3.53. The van der Waals surface area contributed by atoms with Crippen LogP contribution in [-0.4, -0.2) is 33.0 Å². The van der Waals surface area contributed by atoms with Crippen LogP contribution in [0.5, 0.6) is 0 Å². The average molecular weight is 365 g/mol. The Morgan fingerprint density at radius 2 is 1.78 bits per heavy atom. The van der Waals surface area contributed by atoms with Crippen molar-refractivity contribution >= 4 is 28.5 Å². The zero-order chi connectivity index (χ0) is 19.8. The van der Waals surface area contributed by atoms with Crippen molar-refractivity contribution in [2.75, 3.05) is 11.9 Å². The summed E-state index contributed by atoms with van der Waals surface area (Å²) >= 11 is 0. The molecular formula is C21H23N3O3. The number of anilines is 1. The fourth-order valence-electron chi connectivity index (χ4n) is 2.88. The minimum Gasteiger partial charge on any atom is -0.388 e. The lowest BCUT2D eigenvalue weighted by Crippen LogP contribution is -2.21. The van der Waals surface area contributed by atoms with Crippen LogP contribution in [0.3, 0.4) is 0 Å². The Labute approximate surface area is 157 Å². The van der Waals surface area contributed by atoms with Crippen molar-refractivity contribution in [3.05, 3.63) is 59.3 Å². The standard InChI is InChI=1S/C21H23N3O3/c1-13-5-7-14(8-6-13)20(27)23-18-10-9-15-16(17(26)12-25)11-24(19(15)22-18)21(2,3)4/h5-11,25H,12H2,1-4H3,(H,22,23,27). The fraction of sp³-hybridized carbons (Fsp3) is 0.286. The minimum atomic E-state index is -0.560. The maximum atomic E-state index is 12.5. The molecule has 140 valence electrons. The number of benzene rings is 1. The molecule has 0 aliphatic rings. The summed E-state index contributed by atoms with van der Waals surface area (Å²) < 4.78 is 1.88. The van der Waals surface area contributed by atoms with Crippen LogP contribution < -0.4 is 5.32 Å². The van der Waals surface area contributed by atoms with E-state index in [1.807, 2.05) is 44.4 Å². The zero-order valence-electron chi connectivity index (χ0n) is 15.9. The number of pyridine rings is 1. The minimum absolute atomic E-state index is 0.248. The number of aliphatic hydroxyl groups is 1. The predicted molar refractivity (Wildman–Crippen MR) is 105 cm³/mol. The topological polar surface area (TPSA) is 84.2 Å². The summed E-state index contributed by atoms with van der Waals surface area (Å²) in [6.45, 7) is 7.40. The van der Waals surface area contributed by atoms with Crippen LogP contribution in [0.25, 0.3) is 11.0 Å². The number of rotatable bonds is 4. The Kier molecular flexibility index (Phi) is 4.85. The molecule has 2 heterocycles. The number of Topliss-reactive ketones (excluding diaryl/α,β-unsaturated/α-hetero) is 1. The number of hydrogen-bond acceptors (Lipinski definition) is 4. The molecule has 1 aromatic carbocycles. The highest BCUT2D eigenvalue weighted by molar-refractivity contribution is 6.09. The molecule has 2 N–H and O–H groups in total. The van der Waals surface area contributed by atoms with Gasteiger partial charge in [-0.3, -0.25) is 9.59 Å². The molecule has 0 aliphatic heterocycles. The summed E-state index contributed by atoms with van der Waals surface area (Å²) in [5.74, 6) is -0.205. The van der Waals surface area contributed by atoms with Crippen molar-refractivity contribution in [3.8, 4) is 0 Å². The van der Waals surface area contributed by atoms with Gasteiger partial charge >= 0.3 is 0 Å². The van der Waals surface area contributed by atoms with Gasteiger partial charge in [0, 0.05) is 28.2 Å². The smallest absolute Gasteiger partial charge is 0.256 e. The number of aromatic nitrogens is 2. The Hall–Kier alpha value is -2.99. The summed E-state index contributed by atoms with van der Waals surface area (Å²) in [5, 5.41) is 12.7. The third kappa shape index (κ3) is 3.75. The molecule has 0 atom stereocenters. The third-order valence-electron chi connectivity index (χ3n) is 4.37. The number of aliphatic hydroxyl groups excluding tert-OH is 1. The Bertz CT molecular complexity index is 1010. The number of aryl methyl sites for hydroxylation is 1. The lowest BCUT2D eigenvalue weighted by atomic mass is 10.1. The number of carbonyl (C=O) groups excluding carboxylic acids is 2. The largest absolute Gasteiger partial charge is 0.388 e. The van der Waals surface area contributed by atoms with Gasteiger partial charge in [0.25, 0.3) is 5.91 Å². The summed E-state index contributed by atoms with van der Waals surface area (Å²) in [7, 11) is 0. The Morgan fingerprint density at radius 1 is 1.11 bits per heavy atom. The first-order valence-electron chi connectivity index (χ1n) is 8.75. The van der Waals surface area contributed by atoms with Crippen LogP contribution in [-0.2, 0) is 5.54 Å². The molecule has 3 rings (SSSR count). The summed E-state index contributed by atoms with van der Waals surface area (Å²) in [6, 6.07) is 10.7. The highest BCUT2D eigenvalue weighted by Crippen LogP contribution is 2.28. The van der Waals surface area contributed by atoms with Crippen molar-refractivity contribution in [1.82, 2.24) is 9.55 Å². The van der Waals surface area contributed by atoms with E-state index in [-0.39, 0.29) is 17.2 Å². The highest BCUT2D eigenvalue weighted by atomic mass is 16.3. The number of nitrogens with zero attached hydrogens (tertiary/aromatic N) is 2. The number of fused-ring (bicyclic) bond motifs is 1. The molecule has 1 amide bonds. The Morgan fingerprint density at radius 3 is 2.37 bits per heavy atom. The van der Waals surface area contributed by atoms with E-state index in [0.717, 1.165) is 5.56 Å². The van der Waals surface area contributed by atoms with Gasteiger partial charge < -0.3 is 15.0 Å². The monoisotopic (exact) mass is 365 g/mol. The number of ketones is 1. The second-order valence-electron chi connectivity index (χ2n) is 7.55. The second-order valence-corrected chi connectivity index (χ2v) is 7.55. The maximum absolute atomic E-state index is 12.5. The average Bonchev–Trinajstić information content (AvgIpc) is 3.00. The Balaban J connectivity index is 2.02. The first-order chi connectivity index (χ1) is 12.7. The summed E-state index contributed by atoms with van der Waals surface area (Å²) in [6.07, 6.45) is 1.71. The van der Waals surface area contributed by atoms with Crippen LogP contribution in [0.15, 0.2) is 42.6 Å².